The van der Waals surface area contributed by atoms with Crippen LogP contribution in [0.3, 0.4) is 0 Å². The topological polar surface area (TPSA) is 113 Å². The lowest BCUT2D eigenvalue weighted by atomic mass is 10.1. The minimum atomic E-state index is -0.488. The van der Waals surface area contributed by atoms with E-state index in [4.69, 9.17) is 0 Å². The maximum Gasteiger partial charge on any atom is 0.297 e. The minimum Gasteiger partial charge on any atom is -0.359 e. The first kappa shape index (κ1) is 12.7. The highest BCUT2D eigenvalue weighted by atomic mass is 16.2. The maximum absolute atomic E-state index is 11.8. The van der Waals surface area contributed by atoms with Crippen LogP contribution in [0.2, 0.25) is 0 Å². The van der Waals surface area contributed by atoms with Gasteiger partial charge in [0, 0.05) is 12.7 Å². The van der Waals surface area contributed by atoms with E-state index in [0.29, 0.717) is 11.3 Å². The van der Waals surface area contributed by atoms with Gasteiger partial charge in [0.25, 0.3) is 11.7 Å². The van der Waals surface area contributed by atoms with E-state index in [1.165, 1.54) is 0 Å². The predicted octanol–water partition coefficient (Wildman–Crippen LogP) is -0.260. The molecule has 2 amide bonds. The van der Waals surface area contributed by atoms with Crippen LogP contribution in [0, 0.1) is 0 Å². The third kappa shape index (κ3) is 3.12. The average molecular weight is 260 g/mol. The van der Waals surface area contributed by atoms with Gasteiger partial charge in [-0.2, -0.15) is 5.21 Å². The number of para-hydroxylation sites is 1. The summed E-state index contributed by atoms with van der Waals surface area (Å²) in [7, 11) is 1.56. The Morgan fingerprint density at radius 1 is 1.32 bits per heavy atom. The van der Waals surface area contributed by atoms with Crippen LogP contribution in [-0.4, -0.2) is 39.5 Å². The molecule has 0 atom stereocenters. The number of H-pyrrole nitrogens is 1. The first-order valence-electron chi connectivity index (χ1n) is 5.54. The number of benzene rings is 1. The Balaban J connectivity index is 2.16. The van der Waals surface area contributed by atoms with Crippen molar-refractivity contribution in [2.45, 2.75) is 6.42 Å². The van der Waals surface area contributed by atoms with Crippen LogP contribution in [-0.2, 0) is 11.2 Å². The zero-order chi connectivity index (χ0) is 13.7. The van der Waals surface area contributed by atoms with Crippen LogP contribution in [0.15, 0.2) is 24.3 Å². The molecule has 19 heavy (non-hydrogen) atoms. The van der Waals surface area contributed by atoms with Gasteiger partial charge in [-0.1, -0.05) is 18.2 Å². The third-order valence-electron chi connectivity index (χ3n) is 2.44. The van der Waals surface area contributed by atoms with Gasteiger partial charge in [0.2, 0.25) is 5.91 Å². The molecule has 0 aliphatic rings. The molecule has 1 aromatic carbocycles. The number of amides is 2. The molecule has 3 N–H and O–H groups in total. The van der Waals surface area contributed by atoms with Crippen molar-refractivity contribution < 1.29 is 9.59 Å². The van der Waals surface area contributed by atoms with Crippen molar-refractivity contribution >= 4 is 17.5 Å². The number of anilines is 1. The molecule has 0 spiro atoms. The van der Waals surface area contributed by atoms with E-state index in [-0.39, 0.29) is 18.2 Å². The number of aromatic nitrogens is 4. The predicted molar refractivity (Wildman–Crippen MR) is 66.3 cm³/mol. The van der Waals surface area contributed by atoms with Gasteiger partial charge in [-0.05, 0) is 16.8 Å². The first-order valence-corrected chi connectivity index (χ1v) is 5.54. The summed E-state index contributed by atoms with van der Waals surface area (Å²) >= 11 is 0. The molecule has 1 aromatic heterocycles. The minimum absolute atomic E-state index is 0.0604. The quantitative estimate of drug-likeness (QED) is 0.701. The molecule has 2 rings (SSSR count). The van der Waals surface area contributed by atoms with Crippen molar-refractivity contribution in [2.24, 2.45) is 0 Å². The van der Waals surface area contributed by atoms with Crippen molar-refractivity contribution in [1.29, 1.82) is 0 Å². The Morgan fingerprint density at radius 2 is 2.11 bits per heavy atom. The van der Waals surface area contributed by atoms with Gasteiger partial charge in [-0.25, -0.2) is 0 Å². The standard InChI is InChI=1S/C11H12N6O2/c1-12-9(18)6-7-4-2-3-5-8(7)13-11(19)10-14-16-17-15-10/h2-5H,6H2,1H3,(H,12,18)(H,13,19)(H,14,15,16,17). The summed E-state index contributed by atoms with van der Waals surface area (Å²) in [6, 6.07) is 7.03. The number of nitrogens with zero attached hydrogens (tertiary/aromatic N) is 3. The fourth-order valence-corrected chi connectivity index (χ4v) is 1.49. The van der Waals surface area contributed by atoms with Crippen LogP contribution < -0.4 is 10.6 Å². The summed E-state index contributed by atoms with van der Waals surface area (Å²) in [6.07, 6.45) is 0.180. The van der Waals surface area contributed by atoms with E-state index in [1.54, 1.807) is 31.3 Å². The van der Waals surface area contributed by atoms with E-state index in [2.05, 4.69) is 31.3 Å². The van der Waals surface area contributed by atoms with Crippen molar-refractivity contribution in [3.8, 4) is 0 Å². The number of rotatable bonds is 4. The average Bonchev–Trinajstić information content (AvgIpc) is 2.95. The lowest BCUT2D eigenvalue weighted by molar-refractivity contribution is -0.119. The molecule has 0 saturated heterocycles. The Morgan fingerprint density at radius 3 is 2.79 bits per heavy atom. The van der Waals surface area contributed by atoms with Gasteiger partial charge in [0.15, 0.2) is 0 Å². The van der Waals surface area contributed by atoms with Gasteiger partial charge in [0.05, 0.1) is 6.42 Å². The lowest BCUT2D eigenvalue weighted by Crippen LogP contribution is -2.21. The summed E-state index contributed by atoms with van der Waals surface area (Å²) in [5.41, 5.74) is 1.25. The summed E-state index contributed by atoms with van der Waals surface area (Å²) in [6.45, 7) is 0. The molecule has 8 nitrogen and oxygen atoms in total. The Kier molecular flexibility index (Phi) is 3.81. The molecule has 0 fully saturated rings. The highest BCUT2D eigenvalue weighted by molar-refractivity contribution is 6.02. The van der Waals surface area contributed by atoms with E-state index in [1.807, 2.05) is 0 Å². The Labute approximate surface area is 108 Å². The van der Waals surface area contributed by atoms with Crippen LogP contribution >= 0.6 is 0 Å². The second kappa shape index (κ2) is 5.71. The molecule has 2 aromatic rings. The smallest absolute Gasteiger partial charge is 0.297 e. The van der Waals surface area contributed by atoms with E-state index in [9.17, 15) is 9.59 Å². The van der Waals surface area contributed by atoms with E-state index in [0.717, 1.165) is 0 Å². The number of likely N-dealkylation sites (N-methyl/N-ethyl adjacent to an activating group) is 1. The Hall–Kier alpha value is -2.77. The summed E-state index contributed by atoms with van der Waals surface area (Å²) < 4.78 is 0. The number of hydrogen-bond acceptors (Lipinski definition) is 5. The van der Waals surface area contributed by atoms with Crippen LogP contribution in [0.4, 0.5) is 5.69 Å². The van der Waals surface area contributed by atoms with Gasteiger partial charge >= 0.3 is 0 Å². The Bertz CT molecular complexity index is 581. The highest BCUT2D eigenvalue weighted by Gasteiger charge is 2.13. The van der Waals surface area contributed by atoms with Crippen molar-refractivity contribution in [1.82, 2.24) is 25.9 Å². The van der Waals surface area contributed by atoms with Gasteiger partial charge in [-0.15, -0.1) is 10.2 Å². The number of aromatic amines is 1. The normalized spacial score (nSPS) is 9.95. The fourth-order valence-electron chi connectivity index (χ4n) is 1.49. The molecule has 0 aliphatic carbocycles. The van der Waals surface area contributed by atoms with Crippen molar-refractivity contribution in [2.75, 3.05) is 12.4 Å². The second-order valence-corrected chi connectivity index (χ2v) is 3.70. The second-order valence-electron chi connectivity index (χ2n) is 3.70. The SMILES string of the molecule is CNC(=O)Cc1ccccc1NC(=O)c1nn[nH]n1. The van der Waals surface area contributed by atoms with E-state index < -0.39 is 5.91 Å². The molecule has 0 unspecified atom stereocenters. The molecular weight excluding hydrogens is 248 g/mol. The molecule has 0 radical (unpaired) electrons. The highest BCUT2D eigenvalue weighted by Crippen LogP contribution is 2.16. The van der Waals surface area contributed by atoms with Gasteiger partial charge in [0.1, 0.15) is 0 Å². The largest absolute Gasteiger partial charge is 0.359 e. The molecule has 0 saturated carbocycles. The zero-order valence-electron chi connectivity index (χ0n) is 10.2. The summed E-state index contributed by atoms with van der Waals surface area (Å²) in [5.74, 6) is -0.686. The number of carbonyl (C=O) groups excluding carboxylic acids is 2. The molecule has 8 heteroatoms. The number of hydrogen-bond donors (Lipinski definition) is 3. The van der Waals surface area contributed by atoms with Gasteiger partial charge < -0.3 is 10.6 Å². The fraction of sp³-hybridized carbons (Fsp3) is 0.182. The molecule has 98 valence electrons. The van der Waals surface area contributed by atoms with Crippen LogP contribution in [0.25, 0.3) is 0 Å². The monoisotopic (exact) mass is 260 g/mol. The molecule has 1 heterocycles. The summed E-state index contributed by atoms with van der Waals surface area (Å²) in [4.78, 5) is 23.2. The lowest BCUT2D eigenvalue weighted by Gasteiger charge is -2.09. The first-order chi connectivity index (χ1) is 9.20. The van der Waals surface area contributed by atoms with Crippen LogP contribution in [0.5, 0.6) is 0 Å². The maximum atomic E-state index is 11.8. The number of nitrogens with one attached hydrogen (secondary N) is 3. The van der Waals surface area contributed by atoms with Crippen LogP contribution in [0.1, 0.15) is 16.2 Å². The third-order valence-corrected chi connectivity index (χ3v) is 2.44. The molecular formula is C11H12N6O2. The van der Waals surface area contributed by atoms with Crippen molar-refractivity contribution in [3.63, 3.8) is 0 Å². The molecule has 0 aliphatic heterocycles. The van der Waals surface area contributed by atoms with E-state index >= 15 is 0 Å². The van der Waals surface area contributed by atoms with Crippen molar-refractivity contribution in [3.05, 3.63) is 35.7 Å². The molecule has 0 bridgehead atoms. The number of tetrazole rings is 1. The zero-order valence-corrected chi connectivity index (χ0v) is 10.2. The van der Waals surface area contributed by atoms with Gasteiger partial charge in [-0.3, -0.25) is 9.59 Å². The number of carbonyl (C=O) groups is 2. The summed E-state index contributed by atoms with van der Waals surface area (Å²) in [5, 5.41) is 17.8.